The molecule has 1 saturated heterocycles. The van der Waals surface area contributed by atoms with E-state index in [0.717, 1.165) is 42.3 Å². The van der Waals surface area contributed by atoms with Gasteiger partial charge in [0.1, 0.15) is 0 Å². The van der Waals surface area contributed by atoms with E-state index in [1.165, 1.54) is 5.56 Å². The molecule has 3 N–H and O–H groups in total. The lowest BCUT2D eigenvalue weighted by atomic mass is 10.1. The van der Waals surface area contributed by atoms with Crippen molar-refractivity contribution in [2.24, 2.45) is 0 Å². The molecule has 0 aliphatic carbocycles. The molecule has 0 saturated carbocycles. The van der Waals surface area contributed by atoms with E-state index in [9.17, 15) is 8.42 Å². The SMILES string of the molecule is CN(C)CCc1c[nH]c2ccc(CS(=O)(=O)N3CCCC3)cc12.O. The average molecular weight is 353 g/mol. The average Bonchev–Trinajstić information content (AvgIpc) is 3.14. The van der Waals surface area contributed by atoms with Gasteiger partial charge < -0.3 is 15.4 Å². The normalized spacial score (nSPS) is 16.0. The van der Waals surface area contributed by atoms with Crippen molar-refractivity contribution in [1.29, 1.82) is 0 Å². The van der Waals surface area contributed by atoms with Gasteiger partial charge in [0.05, 0.1) is 5.75 Å². The molecule has 0 bridgehead atoms. The van der Waals surface area contributed by atoms with Crippen LogP contribution in [0.3, 0.4) is 0 Å². The highest BCUT2D eigenvalue weighted by molar-refractivity contribution is 7.88. The largest absolute Gasteiger partial charge is 0.412 e. The molecule has 0 radical (unpaired) electrons. The van der Waals surface area contributed by atoms with Gasteiger partial charge in [-0.3, -0.25) is 0 Å². The Balaban J connectivity index is 0.00000208. The van der Waals surface area contributed by atoms with Crippen LogP contribution < -0.4 is 0 Å². The zero-order chi connectivity index (χ0) is 16.4. The Morgan fingerprint density at radius 1 is 1.21 bits per heavy atom. The molecule has 1 aromatic carbocycles. The summed E-state index contributed by atoms with van der Waals surface area (Å²) in [6.45, 7) is 2.31. The molecule has 6 nitrogen and oxygen atoms in total. The van der Waals surface area contributed by atoms with E-state index in [-0.39, 0.29) is 11.2 Å². The van der Waals surface area contributed by atoms with Crippen LogP contribution in [0.25, 0.3) is 10.9 Å². The fraction of sp³-hybridized carbons (Fsp3) is 0.529. The number of aromatic amines is 1. The van der Waals surface area contributed by atoms with Crippen molar-refractivity contribution >= 4 is 20.9 Å². The maximum atomic E-state index is 12.5. The first-order valence-electron chi connectivity index (χ1n) is 8.17. The summed E-state index contributed by atoms with van der Waals surface area (Å²) in [6, 6.07) is 5.94. The van der Waals surface area contributed by atoms with Gasteiger partial charge in [-0.1, -0.05) is 6.07 Å². The Hall–Kier alpha value is -1.41. The van der Waals surface area contributed by atoms with E-state index in [0.29, 0.717) is 13.1 Å². The fourth-order valence-corrected chi connectivity index (χ4v) is 4.73. The minimum atomic E-state index is -3.19. The highest BCUT2D eigenvalue weighted by Crippen LogP contribution is 2.23. The molecular weight excluding hydrogens is 326 g/mol. The van der Waals surface area contributed by atoms with Crippen molar-refractivity contribution in [3.8, 4) is 0 Å². The molecule has 3 rings (SSSR count). The second-order valence-corrected chi connectivity index (χ2v) is 8.58. The third kappa shape index (κ3) is 4.16. The van der Waals surface area contributed by atoms with Gasteiger partial charge >= 0.3 is 0 Å². The van der Waals surface area contributed by atoms with E-state index in [1.807, 2.05) is 24.4 Å². The number of nitrogens with one attached hydrogen (secondary N) is 1. The van der Waals surface area contributed by atoms with Gasteiger partial charge in [-0.2, -0.15) is 0 Å². The van der Waals surface area contributed by atoms with Crippen LogP contribution in [0.2, 0.25) is 0 Å². The summed E-state index contributed by atoms with van der Waals surface area (Å²) in [5, 5.41) is 1.14. The summed E-state index contributed by atoms with van der Waals surface area (Å²) in [7, 11) is 0.928. The highest BCUT2D eigenvalue weighted by atomic mass is 32.2. The van der Waals surface area contributed by atoms with Crippen molar-refractivity contribution in [1.82, 2.24) is 14.2 Å². The lowest BCUT2D eigenvalue weighted by molar-refractivity contribution is 0.414. The minimum Gasteiger partial charge on any atom is -0.412 e. The number of sulfonamides is 1. The number of H-pyrrole nitrogens is 1. The van der Waals surface area contributed by atoms with Crippen LogP contribution in [-0.4, -0.2) is 61.8 Å². The molecule has 2 heterocycles. The Morgan fingerprint density at radius 3 is 2.58 bits per heavy atom. The Bertz CT molecular complexity index is 777. The van der Waals surface area contributed by atoms with Crippen LogP contribution in [0.15, 0.2) is 24.4 Å². The smallest absolute Gasteiger partial charge is 0.218 e. The maximum Gasteiger partial charge on any atom is 0.218 e. The molecule has 24 heavy (non-hydrogen) atoms. The second-order valence-electron chi connectivity index (χ2n) is 6.61. The van der Waals surface area contributed by atoms with E-state index in [2.05, 4.69) is 24.0 Å². The number of hydrogen-bond acceptors (Lipinski definition) is 3. The molecule has 0 spiro atoms. The van der Waals surface area contributed by atoms with Crippen LogP contribution in [0, 0.1) is 0 Å². The number of aromatic nitrogens is 1. The molecule has 134 valence electrons. The highest BCUT2D eigenvalue weighted by Gasteiger charge is 2.25. The molecule has 0 atom stereocenters. The Labute approximate surface area is 143 Å². The number of nitrogens with zero attached hydrogens (tertiary/aromatic N) is 2. The van der Waals surface area contributed by atoms with E-state index in [1.54, 1.807) is 4.31 Å². The quantitative estimate of drug-likeness (QED) is 0.851. The molecule has 0 unspecified atom stereocenters. The fourth-order valence-electron chi connectivity index (χ4n) is 3.13. The van der Waals surface area contributed by atoms with Gasteiger partial charge in [0.15, 0.2) is 0 Å². The standard InChI is InChI=1S/C17H25N3O2S.H2O/c1-19(2)10-7-15-12-18-17-6-5-14(11-16(15)17)13-23(21,22)20-8-3-4-9-20;/h5-6,11-12,18H,3-4,7-10,13H2,1-2H3;1H2. The maximum absolute atomic E-state index is 12.5. The Kier molecular flexibility index (Phi) is 6.03. The predicted octanol–water partition coefficient (Wildman–Crippen LogP) is 1.37. The first-order chi connectivity index (χ1) is 11.0. The zero-order valence-electron chi connectivity index (χ0n) is 14.4. The van der Waals surface area contributed by atoms with Crippen molar-refractivity contribution in [3.05, 3.63) is 35.5 Å². The van der Waals surface area contributed by atoms with E-state index >= 15 is 0 Å². The van der Waals surface area contributed by atoms with Crippen LogP contribution in [0.5, 0.6) is 0 Å². The summed E-state index contributed by atoms with van der Waals surface area (Å²) in [6.07, 6.45) is 4.94. The van der Waals surface area contributed by atoms with Crippen LogP contribution in [0.1, 0.15) is 24.0 Å². The molecule has 7 heteroatoms. The summed E-state index contributed by atoms with van der Waals surface area (Å²) >= 11 is 0. The van der Waals surface area contributed by atoms with Crippen molar-refractivity contribution in [2.75, 3.05) is 33.7 Å². The number of rotatable bonds is 6. The monoisotopic (exact) mass is 353 g/mol. The van der Waals surface area contributed by atoms with E-state index in [4.69, 9.17) is 0 Å². The molecule has 1 aliphatic heterocycles. The summed E-state index contributed by atoms with van der Waals surface area (Å²) < 4.78 is 26.6. The van der Waals surface area contributed by atoms with Crippen LogP contribution in [-0.2, 0) is 22.2 Å². The number of fused-ring (bicyclic) bond motifs is 1. The minimum absolute atomic E-state index is 0. The molecule has 1 aliphatic rings. The third-order valence-corrected chi connectivity index (χ3v) is 6.32. The predicted molar refractivity (Wildman–Crippen MR) is 97.6 cm³/mol. The first kappa shape index (κ1) is 18.9. The summed E-state index contributed by atoms with van der Waals surface area (Å²) in [5.41, 5.74) is 3.19. The van der Waals surface area contributed by atoms with Crippen molar-refractivity contribution in [2.45, 2.75) is 25.0 Å². The third-order valence-electron chi connectivity index (χ3n) is 4.47. The molecule has 0 amide bonds. The zero-order valence-corrected chi connectivity index (χ0v) is 15.2. The molecule has 1 aromatic heterocycles. The number of hydrogen-bond donors (Lipinski definition) is 1. The van der Waals surface area contributed by atoms with Crippen LogP contribution >= 0.6 is 0 Å². The molecule has 2 aromatic rings. The van der Waals surface area contributed by atoms with Gasteiger partial charge in [-0.25, -0.2) is 12.7 Å². The van der Waals surface area contributed by atoms with Crippen LogP contribution in [0.4, 0.5) is 0 Å². The summed E-state index contributed by atoms with van der Waals surface area (Å²) in [4.78, 5) is 5.43. The molecule has 1 fully saturated rings. The lowest BCUT2D eigenvalue weighted by Crippen LogP contribution is -2.29. The Morgan fingerprint density at radius 2 is 1.92 bits per heavy atom. The van der Waals surface area contributed by atoms with Gasteiger partial charge in [0.25, 0.3) is 0 Å². The van der Waals surface area contributed by atoms with Gasteiger partial charge in [0.2, 0.25) is 10.0 Å². The first-order valence-corrected chi connectivity index (χ1v) is 9.78. The lowest BCUT2D eigenvalue weighted by Gasteiger charge is -2.15. The van der Waals surface area contributed by atoms with Gasteiger partial charge in [-0.15, -0.1) is 0 Å². The van der Waals surface area contributed by atoms with Crippen molar-refractivity contribution in [3.63, 3.8) is 0 Å². The summed E-state index contributed by atoms with van der Waals surface area (Å²) in [5.74, 6) is 0.0985. The van der Waals surface area contributed by atoms with Gasteiger partial charge in [-0.05, 0) is 56.6 Å². The molecular formula is C17H27N3O3S. The second kappa shape index (κ2) is 7.65. The van der Waals surface area contributed by atoms with E-state index < -0.39 is 10.0 Å². The van der Waals surface area contributed by atoms with Gasteiger partial charge in [0, 0.05) is 36.7 Å². The topological polar surface area (TPSA) is 87.9 Å². The number of benzene rings is 1. The van der Waals surface area contributed by atoms with Crippen molar-refractivity contribution < 1.29 is 13.9 Å². The number of likely N-dealkylation sites (N-methyl/N-ethyl adjacent to an activating group) is 1.